The van der Waals surface area contributed by atoms with Gasteiger partial charge in [-0.1, -0.05) is 123 Å². The third-order valence-electron chi connectivity index (χ3n) is 6.48. The number of hydrogen-bond acceptors (Lipinski definition) is 3. The molecule has 3 N–H and O–H groups in total. The van der Waals surface area contributed by atoms with Crippen LogP contribution in [0.3, 0.4) is 0 Å². The Morgan fingerprint density at radius 2 is 1.21 bits per heavy atom. The number of nitrogens with zero attached hydrogens (tertiary/aromatic N) is 1. The van der Waals surface area contributed by atoms with Crippen LogP contribution in [0.5, 0.6) is 0 Å². The van der Waals surface area contributed by atoms with Gasteiger partial charge in [0.25, 0.3) is 0 Å². The normalized spacial score (nSPS) is 16.0. The first-order valence-electron chi connectivity index (χ1n) is 12.8. The van der Waals surface area contributed by atoms with Gasteiger partial charge in [0.1, 0.15) is 5.84 Å². The Balaban J connectivity index is 1.82. The number of hydrogen-bond donors (Lipinski definition) is 2. The number of aliphatic imine (C=N–C) groups is 1. The Hall–Kier alpha value is -0.570. The van der Waals surface area contributed by atoms with Gasteiger partial charge in [-0.3, -0.25) is 4.99 Å². The van der Waals surface area contributed by atoms with Gasteiger partial charge in [0.2, 0.25) is 0 Å². The molecule has 2 atom stereocenters. The Morgan fingerprint density at radius 3 is 1.61 bits per heavy atom. The van der Waals surface area contributed by atoms with Crippen molar-refractivity contribution in [1.82, 2.24) is 5.32 Å². The fraction of sp³-hybridized carbons (Fsp3) is 0.960. The lowest BCUT2D eigenvalue weighted by Gasteiger charge is -2.22. The minimum atomic E-state index is 0.129. The van der Waals surface area contributed by atoms with E-state index < -0.39 is 0 Å². The lowest BCUT2D eigenvalue weighted by atomic mass is 9.90. The van der Waals surface area contributed by atoms with Crippen molar-refractivity contribution in [3.63, 3.8) is 0 Å². The molecule has 0 aromatic carbocycles. The molecule has 0 spiro atoms. The van der Waals surface area contributed by atoms with Crippen molar-refractivity contribution in [3.8, 4) is 0 Å². The quantitative estimate of drug-likeness (QED) is 0.219. The van der Waals surface area contributed by atoms with E-state index in [1.165, 1.54) is 116 Å². The van der Waals surface area contributed by atoms with E-state index in [-0.39, 0.29) is 6.04 Å². The summed E-state index contributed by atoms with van der Waals surface area (Å²) in [4.78, 5) is 4.51. The molecule has 0 amide bonds. The first kappa shape index (κ1) is 25.5. The van der Waals surface area contributed by atoms with Crippen LogP contribution in [0.4, 0.5) is 0 Å². The summed E-state index contributed by atoms with van der Waals surface area (Å²) in [6.07, 6.45) is 25.3. The number of nitrogens with two attached hydrogens (primary N) is 1. The van der Waals surface area contributed by atoms with Crippen LogP contribution < -0.4 is 11.1 Å². The topological polar surface area (TPSA) is 50.4 Å². The van der Waals surface area contributed by atoms with Gasteiger partial charge in [-0.2, -0.15) is 0 Å². The van der Waals surface area contributed by atoms with Gasteiger partial charge >= 0.3 is 0 Å². The second-order valence-electron chi connectivity index (χ2n) is 8.98. The van der Waals surface area contributed by atoms with E-state index in [2.05, 4.69) is 24.2 Å². The molecular weight excluding hydrogens is 342 g/mol. The van der Waals surface area contributed by atoms with Crippen molar-refractivity contribution in [2.45, 2.75) is 135 Å². The van der Waals surface area contributed by atoms with Crippen LogP contribution in [0.25, 0.3) is 0 Å². The summed E-state index contributed by atoms with van der Waals surface area (Å²) in [5, 5.41) is 3.35. The summed E-state index contributed by atoms with van der Waals surface area (Å²) in [7, 11) is 0. The Kier molecular flexibility index (Phi) is 16.8. The van der Waals surface area contributed by atoms with E-state index in [4.69, 9.17) is 5.73 Å². The first-order chi connectivity index (χ1) is 13.8. The van der Waals surface area contributed by atoms with E-state index in [0.717, 1.165) is 18.9 Å². The lowest BCUT2D eigenvalue weighted by Crippen LogP contribution is -2.43. The molecule has 0 aromatic rings. The summed E-state index contributed by atoms with van der Waals surface area (Å²) in [5.41, 5.74) is 6.41. The summed E-state index contributed by atoms with van der Waals surface area (Å²) >= 11 is 0. The van der Waals surface area contributed by atoms with E-state index in [1.807, 2.05) is 0 Å². The molecule has 1 rings (SSSR count). The molecule has 0 saturated carbocycles. The lowest BCUT2D eigenvalue weighted by molar-refractivity contribution is 0.411. The zero-order chi connectivity index (χ0) is 20.3. The monoisotopic (exact) mass is 393 g/mol. The second-order valence-corrected chi connectivity index (χ2v) is 8.98. The molecule has 0 fully saturated rings. The number of rotatable bonds is 20. The van der Waals surface area contributed by atoms with E-state index >= 15 is 0 Å². The molecule has 1 heterocycles. The Morgan fingerprint density at radius 1 is 0.750 bits per heavy atom. The maximum absolute atomic E-state index is 6.41. The first-order valence-corrected chi connectivity index (χ1v) is 12.8. The standard InChI is InChI=1S/C25H51N3/c1-3-5-6-7-8-9-10-11-12-13-14-15-16-17-18-19-20-23(4-2)24(26)25-27-21-22-28-25/h23-24H,3-22,26H2,1-2H3,(H,27,28). The molecule has 28 heavy (non-hydrogen) atoms. The summed E-state index contributed by atoms with van der Waals surface area (Å²) in [6.45, 7) is 6.44. The summed E-state index contributed by atoms with van der Waals surface area (Å²) in [6, 6.07) is 0.129. The zero-order valence-electron chi connectivity index (χ0n) is 19.3. The Labute approximate surface area is 176 Å². The van der Waals surface area contributed by atoms with Crippen molar-refractivity contribution in [1.29, 1.82) is 0 Å². The van der Waals surface area contributed by atoms with Crippen LogP contribution >= 0.6 is 0 Å². The van der Waals surface area contributed by atoms with Crippen molar-refractivity contribution < 1.29 is 0 Å². The van der Waals surface area contributed by atoms with Gasteiger partial charge in [0, 0.05) is 6.54 Å². The Bertz CT molecular complexity index is 367. The molecule has 3 nitrogen and oxygen atoms in total. The minimum Gasteiger partial charge on any atom is -0.371 e. The summed E-state index contributed by atoms with van der Waals surface area (Å²) in [5.74, 6) is 1.65. The molecule has 2 unspecified atom stereocenters. The minimum absolute atomic E-state index is 0.129. The van der Waals surface area contributed by atoms with Gasteiger partial charge < -0.3 is 11.1 Å². The molecule has 0 radical (unpaired) electrons. The summed E-state index contributed by atoms with van der Waals surface area (Å²) < 4.78 is 0. The van der Waals surface area contributed by atoms with Gasteiger partial charge in [0.05, 0.1) is 12.6 Å². The van der Waals surface area contributed by atoms with Crippen molar-refractivity contribution in [2.24, 2.45) is 16.6 Å². The number of unbranched alkanes of at least 4 members (excludes halogenated alkanes) is 15. The second kappa shape index (κ2) is 18.5. The van der Waals surface area contributed by atoms with Crippen molar-refractivity contribution >= 4 is 5.84 Å². The van der Waals surface area contributed by atoms with Gasteiger partial charge in [-0.25, -0.2) is 0 Å². The van der Waals surface area contributed by atoms with Crippen molar-refractivity contribution in [2.75, 3.05) is 13.1 Å². The number of nitrogens with one attached hydrogen (secondary N) is 1. The average molecular weight is 394 g/mol. The molecule has 0 aliphatic carbocycles. The van der Waals surface area contributed by atoms with E-state index in [9.17, 15) is 0 Å². The highest BCUT2D eigenvalue weighted by atomic mass is 15.1. The fourth-order valence-electron chi connectivity index (χ4n) is 4.45. The van der Waals surface area contributed by atoms with Gasteiger partial charge in [-0.15, -0.1) is 0 Å². The SMILES string of the molecule is CCCCCCCCCCCCCCCCCCC(CC)C(N)C1=NCCN1. The van der Waals surface area contributed by atoms with Crippen LogP contribution in [0.2, 0.25) is 0 Å². The predicted octanol–water partition coefficient (Wildman–Crippen LogP) is 6.99. The predicted molar refractivity (Wildman–Crippen MR) is 126 cm³/mol. The molecule has 1 aliphatic rings. The molecule has 0 saturated heterocycles. The molecule has 166 valence electrons. The van der Waals surface area contributed by atoms with Crippen LogP contribution in [0, 0.1) is 5.92 Å². The third kappa shape index (κ3) is 12.8. The van der Waals surface area contributed by atoms with E-state index in [0.29, 0.717) is 5.92 Å². The maximum Gasteiger partial charge on any atom is 0.114 e. The highest BCUT2D eigenvalue weighted by molar-refractivity contribution is 5.88. The molecule has 0 bridgehead atoms. The van der Waals surface area contributed by atoms with E-state index in [1.54, 1.807) is 0 Å². The third-order valence-corrected chi connectivity index (χ3v) is 6.48. The van der Waals surface area contributed by atoms with Crippen molar-refractivity contribution in [3.05, 3.63) is 0 Å². The van der Waals surface area contributed by atoms with Crippen LogP contribution in [0.15, 0.2) is 4.99 Å². The highest BCUT2D eigenvalue weighted by Crippen LogP contribution is 2.19. The van der Waals surface area contributed by atoms with Crippen LogP contribution in [0.1, 0.15) is 129 Å². The fourth-order valence-corrected chi connectivity index (χ4v) is 4.45. The average Bonchev–Trinajstić information content (AvgIpc) is 3.25. The molecule has 0 aromatic heterocycles. The molecular formula is C25H51N3. The smallest absolute Gasteiger partial charge is 0.114 e. The number of amidine groups is 1. The van der Waals surface area contributed by atoms with Crippen LogP contribution in [-0.2, 0) is 0 Å². The molecule has 3 heteroatoms. The molecule has 1 aliphatic heterocycles. The van der Waals surface area contributed by atoms with Crippen LogP contribution in [-0.4, -0.2) is 25.0 Å². The highest BCUT2D eigenvalue weighted by Gasteiger charge is 2.22. The maximum atomic E-state index is 6.41. The zero-order valence-corrected chi connectivity index (χ0v) is 19.3. The van der Waals surface area contributed by atoms with Gasteiger partial charge in [-0.05, 0) is 12.3 Å². The van der Waals surface area contributed by atoms with Gasteiger partial charge in [0.15, 0.2) is 0 Å². The largest absolute Gasteiger partial charge is 0.371 e.